The van der Waals surface area contributed by atoms with Gasteiger partial charge < -0.3 is 15.5 Å². The summed E-state index contributed by atoms with van der Waals surface area (Å²) < 4.78 is 0. The fourth-order valence-electron chi connectivity index (χ4n) is 3.52. The van der Waals surface area contributed by atoms with Gasteiger partial charge in [-0.25, -0.2) is 4.98 Å². The number of aromatic nitrogens is 1. The van der Waals surface area contributed by atoms with Crippen molar-refractivity contribution < 1.29 is 4.79 Å². The Morgan fingerprint density at radius 1 is 1.24 bits per heavy atom. The van der Waals surface area contributed by atoms with Crippen LogP contribution in [-0.4, -0.2) is 42.0 Å². The van der Waals surface area contributed by atoms with Gasteiger partial charge in [-0.2, -0.15) is 0 Å². The van der Waals surface area contributed by atoms with Gasteiger partial charge in [-0.05, 0) is 30.9 Å². The molecule has 1 aliphatic carbocycles. The van der Waals surface area contributed by atoms with Crippen molar-refractivity contribution in [1.29, 1.82) is 0 Å². The summed E-state index contributed by atoms with van der Waals surface area (Å²) in [6.07, 6.45) is 5.29. The fraction of sp³-hybridized carbons (Fsp3) is 0.625. The topological polar surface area (TPSA) is 62.5 Å². The first-order valence-corrected chi connectivity index (χ1v) is 7.90. The van der Waals surface area contributed by atoms with E-state index in [2.05, 4.69) is 16.8 Å². The van der Waals surface area contributed by atoms with E-state index in [0.29, 0.717) is 17.6 Å². The molecule has 2 atom stereocenters. The van der Waals surface area contributed by atoms with Crippen LogP contribution in [0.4, 0.5) is 11.5 Å². The van der Waals surface area contributed by atoms with E-state index < -0.39 is 0 Å². The summed E-state index contributed by atoms with van der Waals surface area (Å²) in [5.74, 6) is 1.73. The number of pyridine rings is 1. The van der Waals surface area contributed by atoms with E-state index in [-0.39, 0.29) is 5.92 Å². The lowest BCUT2D eigenvalue weighted by molar-refractivity contribution is -0.136. The molecule has 1 saturated heterocycles. The molecule has 21 heavy (non-hydrogen) atoms. The van der Waals surface area contributed by atoms with E-state index in [9.17, 15) is 4.79 Å². The molecule has 1 aliphatic heterocycles. The Labute approximate surface area is 126 Å². The second-order valence-electron chi connectivity index (χ2n) is 6.27. The Morgan fingerprint density at radius 3 is 2.57 bits per heavy atom. The van der Waals surface area contributed by atoms with Crippen molar-refractivity contribution in [2.45, 2.75) is 26.2 Å². The number of nitrogen functional groups attached to an aromatic ring is 1. The molecule has 114 valence electrons. The molecule has 2 unspecified atom stereocenters. The molecule has 2 fully saturated rings. The van der Waals surface area contributed by atoms with Gasteiger partial charge >= 0.3 is 0 Å². The van der Waals surface area contributed by atoms with Crippen molar-refractivity contribution in [2.75, 3.05) is 36.8 Å². The van der Waals surface area contributed by atoms with Crippen LogP contribution < -0.4 is 10.6 Å². The lowest BCUT2D eigenvalue weighted by atomic mass is 9.96. The van der Waals surface area contributed by atoms with Crippen LogP contribution in [0.2, 0.25) is 0 Å². The van der Waals surface area contributed by atoms with Gasteiger partial charge in [-0.1, -0.05) is 13.3 Å². The van der Waals surface area contributed by atoms with Gasteiger partial charge in [-0.15, -0.1) is 0 Å². The standard InChI is InChI=1S/C16H24N4O/c1-12-3-2-4-14(12)16(21)20-9-7-19(8-10-20)13-5-6-15(17)18-11-13/h5-6,11-12,14H,2-4,7-10H2,1H3,(H2,17,18). The average Bonchev–Trinajstić information content (AvgIpc) is 2.94. The maximum Gasteiger partial charge on any atom is 0.226 e. The van der Waals surface area contributed by atoms with E-state index in [1.165, 1.54) is 12.8 Å². The predicted octanol–water partition coefficient (Wildman–Crippen LogP) is 1.75. The van der Waals surface area contributed by atoms with Crippen LogP contribution in [0.15, 0.2) is 18.3 Å². The lowest BCUT2D eigenvalue weighted by Gasteiger charge is -2.37. The Kier molecular flexibility index (Phi) is 3.99. The molecule has 1 saturated carbocycles. The maximum atomic E-state index is 12.6. The van der Waals surface area contributed by atoms with Crippen LogP contribution in [-0.2, 0) is 4.79 Å². The molecule has 2 heterocycles. The predicted molar refractivity (Wildman–Crippen MR) is 83.9 cm³/mol. The summed E-state index contributed by atoms with van der Waals surface area (Å²) in [7, 11) is 0. The Hall–Kier alpha value is -1.78. The zero-order valence-corrected chi connectivity index (χ0v) is 12.7. The average molecular weight is 288 g/mol. The van der Waals surface area contributed by atoms with E-state index >= 15 is 0 Å². The Morgan fingerprint density at radius 2 is 2.00 bits per heavy atom. The number of piperazine rings is 1. The van der Waals surface area contributed by atoms with Crippen molar-refractivity contribution in [3.63, 3.8) is 0 Å². The quantitative estimate of drug-likeness (QED) is 0.900. The molecule has 0 radical (unpaired) electrons. The minimum Gasteiger partial charge on any atom is -0.384 e. The van der Waals surface area contributed by atoms with Crippen molar-refractivity contribution in [1.82, 2.24) is 9.88 Å². The van der Waals surface area contributed by atoms with Gasteiger partial charge in [0.1, 0.15) is 5.82 Å². The van der Waals surface area contributed by atoms with E-state index in [1.54, 1.807) is 0 Å². The van der Waals surface area contributed by atoms with Crippen LogP contribution in [0.25, 0.3) is 0 Å². The van der Waals surface area contributed by atoms with Crippen LogP contribution in [0.1, 0.15) is 26.2 Å². The second-order valence-corrected chi connectivity index (χ2v) is 6.27. The molecule has 0 aromatic carbocycles. The van der Waals surface area contributed by atoms with Crippen molar-refractivity contribution in [3.8, 4) is 0 Å². The van der Waals surface area contributed by atoms with Crippen molar-refractivity contribution in [3.05, 3.63) is 18.3 Å². The zero-order chi connectivity index (χ0) is 14.8. The van der Waals surface area contributed by atoms with E-state index in [4.69, 9.17) is 5.73 Å². The molecule has 0 bridgehead atoms. The first kappa shape index (κ1) is 14.2. The highest BCUT2D eigenvalue weighted by atomic mass is 16.2. The summed E-state index contributed by atoms with van der Waals surface area (Å²) in [4.78, 5) is 21.0. The summed E-state index contributed by atoms with van der Waals surface area (Å²) >= 11 is 0. The fourth-order valence-corrected chi connectivity index (χ4v) is 3.52. The minimum atomic E-state index is 0.259. The van der Waals surface area contributed by atoms with Crippen molar-refractivity contribution >= 4 is 17.4 Å². The summed E-state index contributed by atoms with van der Waals surface area (Å²) in [6.45, 7) is 5.58. The van der Waals surface area contributed by atoms with Crippen LogP contribution >= 0.6 is 0 Å². The molecule has 1 aromatic heterocycles. The molecule has 3 rings (SSSR count). The number of hydrogen-bond donors (Lipinski definition) is 1. The molecule has 5 nitrogen and oxygen atoms in total. The number of nitrogens with zero attached hydrogens (tertiary/aromatic N) is 3. The van der Waals surface area contributed by atoms with E-state index in [1.807, 2.05) is 23.2 Å². The second kappa shape index (κ2) is 5.92. The number of anilines is 2. The third-order valence-electron chi connectivity index (χ3n) is 4.91. The van der Waals surface area contributed by atoms with Crippen LogP contribution in [0.5, 0.6) is 0 Å². The third-order valence-corrected chi connectivity index (χ3v) is 4.91. The largest absolute Gasteiger partial charge is 0.384 e. The first-order chi connectivity index (χ1) is 10.1. The molecule has 2 aliphatic rings. The van der Waals surface area contributed by atoms with E-state index in [0.717, 1.165) is 38.3 Å². The van der Waals surface area contributed by atoms with Gasteiger partial charge in [0.15, 0.2) is 0 Å². The highest BCUT2D eigenvalue weighted by Gasteiger charge is 2.33. The molecule has 1 amide bonds. The van der Waals surface area contributed by atoms with Gasteiger partial charge in [0.25, 0.3) is 0 Å². The molecule has 1 aromatic rings. The number of carbonyl (C=O) groups excluding carboxylic acids is 1. The van der Waals surface area contributed by atoms with Crippen LogP contribution in [0.3, 0.4) is 0 Å². The number of carbonyl (C=O) groups is 1. The molecule has 0 spiro atoms. The van der Waals surface area contributed by atoms with Gasteiger partial charge in [0.05, 0.1) is 11.9 Å². The SMILES string of the molecule is CC1CCCC1C(=O)N1CCN(c2ccc(N)nc2)CC1. The highest BCUT2D eigenvalue weighted by Crippen LogP contribution is 2.33. The minimum absolute atomic E-state index is 0.259. The summed E-state index contributed by atoms with van der Waals surface area (Å²) in [6, 6.07) is 3.83. The first-order valence-electron chi connectivity index (χ1n) is 7.90. The smallest absolute Gasteiger partial charge is 0.226 e. The number of amides is 1. The van der Waals surface area contributed by atoms with Gasteiger partial charge in [0.2, 0.25) is 5.91 Å². The normalized spacial score (nSPS) is 26.1. The molecular weight excluding hydrogens is 264 g/mol. The molecule has 2 N–H and O–H groups in total. The van der Waals surface area contributed by atoms with Gasteiger partial charge in [0, 0.05) is 32.1 Å². The highest BCUT2D eigenvalue weighted by molar-refractivity contribution is 5.79. The Balaban J connectivity index is 1.57. The number of hydrogen-bond acceptors (Lipinski definition) is 4. The third kappa shape index (κ3) is 2.96. The lowest BCUT2D eigenvalue weighted by Crippen LogP contribution is -2.50. The summed E-state index contributed by atoms with van der Waals surface area (Å²) in [5, 5.41) is 0. The van der Waals surface area contributed by atoms with Gasteiger partial charge in [-0.3, -0.25) is 4.79 Å². The monoisotopic (exact) mass is 288 g/mol. The summed E-state index contributed by atoms with van der Waals surface area (Å²) in [5.41, 5.74) is 6.71. The Bertz CT molecular complexity index is 494. The molecular formula is C16H24N4O. The van der Waals surface area contributed by atoms with Crippen molar-refractivity contribution in [2.24, 2.45) is 11.8 Å². The number of rotatable bonds is 2. The number of nitrogens with two attached hydrogens (primary N) is 1. The van der Waals surface area contributed by atoms with Crippen LogP contribution in [0, 0.1) is 11.8 Å². The molecule has 5 heteroatoms. The maximum absolute atomic E-state index is 12.6. The zero-order valence-electron chi connectivity index (χ0n) is 12.7.